The molecule has 1 aromatic heterocycles. The van der Waals surface area contributed by atoms with Crippen LogP contribution in [0, 0.1) is 0 Å². The van der Waals surface area contributed by atoms with Crippen LogP contribution in [-0.2, 0) is 0 Å². The van der Waals surface area contributed by atoms with E-state index in [-0.39, 0.29) is 0 Å². The lowest BCUT2D eigenvalue weighted by molar-refractivity contribution is 0.819. The third-order valence-corrected chi connectivity index (χ3v) is 5.73. The molecule has 0 saturated heterocycles. The molecule has 0 saturated carbocycles. The maximum Gasteiger partial charge on any atom is 0.0813 e. The number of nitrogens with one attached hydrogen (secondary N) is 1. The molecule has 4 rings (SSSR count). The normalized spacial score (nSPS) is 17.3. The van der Waals surface area contributed by atoms with Gasteiger partial charge in [0, 0.05) is 28.8 Å². The molecule has 0 spiro atoms. The van der Waals surface area contributed by atoms with Crippen LogP contribution in [0.2, 0.25) is 0 Å². The number of benzene rings is 2. The van der Waals surface area contributed by atoms with Crippen LogP contribution in [0.3, 0.4) is 0 Å². The van der Waals surface area contributed by atoms with E-state index in [1.54, 1.807) is 11.3 Å². The van der Waals surface area contributed by atoms with E-state index in [4.69, 9.17) is 0 Å². The van der Waals surface area contributed by atoms with E-state index in [1.165, 1.54) is 26.6 Å². The molecule has 4 heteroatoms. The first kappa shape index (κ1) is 12.2. The van der Waals surface area contributed by atoms with Gasteiger partial charge in [-0.1, -0.05) is 18.2 Å². The quantitative estimate of drug-likeness (QED) is 0.765. The molecular formula is C16H14N2S2. The number of nitrogens with zero attached hydrogens (tertiary/aromatic N) is 1. The summed E-state index contributed by atoms with van der Waals surface area (Å²) in [4.78, 5) is 5.76. The molecule has 100 valence electrons. The number of rotatable bonds is 3. The molecule has 0 amide bonds. The second-order valence-corrected chi connectivity index (χ2v) is 6.91. The summed E-state index contributed by atoms with van der Waals surface area (Å²) in [6, 6.07) is 15.2. The molecule has 1 atom stereocenters. The van der Waals surface area contributed by atoms with E-state index in [0.717, 1.165) is 12.1 Å². The standard InChI is InChI=1S/C16H14N2S2/c1-2-4-15-13(3-1)11(9-19-15)8-17-12-5-6-14-16(7-12)20-10-18-14/h1-7,10-11,17H,8-9H2. The summed E-state index contributed by atoms with van der Waals surface area (Å²) in [5, 5.41) is 3.57. The summed E-state index contributed by atoms with van der Waals surface area (Å²) < 4.78 is 1.25. The fraction of sp³-hybridized carbons (Fsp3) is 0.188. The highest BCUT2D eigenvalue weighted by Gasteiger charge is 2.22. The number of thiazole rings is 1. The van der Waals surface area contributed by atoms with Crippen molar-refractivity contribution < 1.29 is 0 Å². The van der Waals surface area contributed by atoms with Gasteiger partial charge in [-0.25, -0.2) is 4.98 Å². The number of fused-ring (bicyclic) bond motifs is 2. The highest BCUT2D eigenvalue weighted by atomic mass is 32.2. The number of thioether (sulfide) groups is 1. The van der Waals surface area contributed by atoms with Crippen molar-refractivity contribution in [2.75, 3.05) is 17.6 Å². The lowest BCUT2D eigenvalue weighted by Gasteiger charge is -2.13. The molecule has 0 bridgehead atoms. The van der Waals surface area contributed by atoms with E-state index >= 15 is 0 Å². The van der Waals surface area contributed by atoms with Crippen molar-refractivity contribution in [1.29, 1.82) is 0 Å². The Morgan fingerprint density at radius 3 is 3.15 bits per heavy atom. The van der Waals surface area contributed by atoms with Crippen molar-refractivity contribution in [3.63, 3.8) is 0 Å². The van der Waals surface area contributed by atoms with Gasteiger partial charge in [0.1, 0.15) is 0 Å². The third kappa shape index (κ3) is 2.19. The van der Waals surface area contributed by atoms with E-state index in [0.29, 0.717) is 5.92 Å². The molecular weight excluding hydrogens is 284 g/mol. The molecule has 0 aliphatic carbocycles. The predicted molar refractivity (Wildman–Crippen MR) is 88.0 cm³/mol. The van der Waals surface area contributed by atoms with Crippen LogP contribution in [0.1, 0.15) is 11.5 Å². The SMILES string of the molecule is c1ccc2c(c1)SCC2CNc1ccc2ncsc2c1. The molecule has 1 unspecified atom stereocenters. The molecule has 3 aromatic rings. The van der Waals surface area contributed by atoms with Crippen LogP contribution in [0.4, 0.5) is 5.69 Å². The minimum Gasteiger partial charge on any atom is -0.384 e. The van der Waals surface area contributed by atoms with Crippen LogP contribution >= 0.6 is 23.1 Å². The maximum atomic E-state index is 4.31. The fourth-order valence-corrected chi connectivity index (χ4v) is 4.58. The number of hydrogen-bond donors (Lipinski definition) is 1. The van der Waals surface area contributed by atoms with Crippen LogP contribution in [0.5, 0.6) is 0 Å². The Hall–Kier alpha value is -1.52. The lowest BCUT2D eigenvalue weighted by Crippen LogP contribution is -2.12. The minimum absolute atomic E-state index is 0.605. The highest BCUT2D eigenvalue weighted by molar-refractivity contribution is 7.99. The van der Waals surface area contributed by atoms with E-state index in [9.17, 15) is 0 Å². The van der Waals surface area contributed by atoms with Gasteiger partial charge in [0.2, 0.25) is 0 Å². The van der Waals surface area contributed by atoms with Crippen LogP contribution in [-0.4, -0.2) is 17.3 Å². The Balaban J connectivity index is 1.51. The van der Waals surface area contributed by atoms with Gasteiger partial charge in [-0.3, -0.25) is 0 Å². The summed E-state index contributed by atoms with van der Waals surface area (Å²) in [5.41, 5.74) is 5.67. The van der Waals surface area contributed by atoms with Crippen molar-refractivity contribution in [1.82, 2.24) is 4.98 Å². The smallest absolute Gasteiger partial charge is 0.0813 e. The van der Waals surface area contributed by atoms with Crippen LogP contribution in [0.25, 0.3) is 10.2 Å². The monoisotopic (exact) mass is 298 g/mol. The van der Waals surface area contributed by atoms with Crippen molar-refractivity contribution in [3.05, 3.63) is 53.5 Å². The number of hydrogen-bond acceptors (Lipinski definition) is 4. The van der Waals surface area contributed by atoms with Gasteiger partial charge in [-0.05, 0) is 29.8 Å². The first-order valence-electron chi connectivity index (χ1n) is 6.69. The molecule has 20 heavy (non-hydrogen) atoms. The Kier molecular flexibility index (Phi) is 3.13. The summed E-state index contributed by atoms with van der Waals surface area (Å²) in [5.74, 6) is 1.78. The molecule has 1 N–H and O–H groups in total. The largest absolute Gasteiger partial charge is 0.384 e. The average Bonchev–Trinajstić information content (AvgIpc) is 3.11. The van der Waals surface area contributed by atoms with Crippen LogP contribution in [0.15, 0.2) is 52.9 Å². The second-order valence-electron chi connectivity index (χ2n) is 4.96. The Labute approximate surface area is 126 Å². The molecule has 1 aliphatic heterocycles. The molecule has 1 aliphatic rings. The third-order valence-electron chi connectivity index (χ3n) is 3.68. The number of aromatic nitrogens is 1. The molecule has 2 nitrogen and oxygen atoms in total. The molecule has 2 aromatic carbocycles. The molecule has 2 heterocycles. The fourth-order valence-electron chi connectivity index (χ4n) is 2.60. The van der Waals surface area contributed by atoms with Gasteiger partial charge in [0.15, 0.2) is 0 Å². The van der Waals surface area contributed by atoms with Gasteiger partial charge in [0.05, 0.1) is 15.7 Å². The zero-order chi connectivity index (χ0) is 13.4. The van der Waals surface area contributed by atoms with E-state index in [2.05, 4.69) is 52.8 Å². The van der Waals surface area contributed by atoms with Gasteiger partial charge in [0.25, 0.3) is 0 Å². The van der Waals surface area contributed by atoms with E-state index < -0.39 is 0 Å². The first-order chi connectivity index (χ1) is 9.90. The van der Waals surface area contributed by atoms with Crippen molar-refractivity contribution in [2.24, 2.45) is 0 Å². The van der Waals surface area contributed by atoms with Gasteiger partial charge in [-0.2, -0.15) is 0 Å². The van der Waals surface area contributed by atoms with Gasteiger partial charge in [-0.15, -0.1) is 23.1 Å². The summed E-state index contributed by atoms with van der Waals surface area (Å²) >= 11 is 3.66. The van der Waals surface area contributed by atoms with Crippen LogP contribution < -0.4 is 5.32 Å². The van der Waals surface area contributed by atoms with Crippen molar-refractivity contribution in [2.45, 2.75) is 10.8 Å². The average molecular weight is 298 g/mol. The summed E-state index contributed by atoms with van der Waals surface area (Å²) in [7, 11) is 0. The second kappa shape index (κ2) is 5.11. The number of anilines is 1. The highest BCUT2D eigenvalue weighted by Crippen LogP contribution is 2.39. The lowest BCUT2D eigenvalue weighted by atomic mass is 10.0. The predicted octanol–water partition coefficient (Wildman–Crippen LogP) is 4.60. The van der Waals surface area contributed by atoms with Gasteiger partial charge >= 0.3 is 0 Å². The Bertz CT molecular complexity index is 751. The maximum absolute atomic E-state index is 4.31. The first-order valence-corrected chi connectivity index (χ1v) is 8.55. The summed E-state index contributed by atoms with van der Waals surface area (Å²) in [6.07, 6.45) is 0. The Morgan fingerprint density at radius 1 is 1.20 bits per heavy atom. The zero-order valence-electron chi connectivity index (χ0n) is 10.9. The van der Waals surface area contributed by atoms with Gasteiger partial charge < -0.3 is 5.32 Å². The topological polar surface area (TPSA) is 24.9 Å². The summed E-state index contributed by atoms with van der Waals surface area (Å²) in [6.45, 7) is 0.994. The molecule has 0 radical (unpaired) electrons. The van der Waals surface area contributed by atoms with Crippen molar-refractivity contribution in [3.8, 4) is 0 Å². The Morgan fingerprint density at radius 2 is 2.15 bits per heavy atom. The zero-order valence-corrected chi connectivity index (χ0v) is 12.5. The van der Waals surface area contributed by atoms with E-state index in [1.807, 2.05) is 17.3 Å². The van der Waals surface area contributed by atoms with Crippen molar-refractivity contribution >= 4 is 39.0 Å². The minimum atomic E-state index is 0.605. The molecule has 0 fully saturated rings.